The Labute approximate surface area is 149 Å². The van der Waals surface area contributed by atoms with Crippen molar-refractivity contribution in [3.05, 3.63) is 59.9 Å². The number of fused-ring (bicyclic) bond motifs is 1. The quantitative estimate of drug-likeness (QED) is 0.775. The second-order valence-corrected chi connectivity index (χ2v) is 7.33. The first-order chi connectivity index (χ1) is 12.1. The van der Waals surface area contributed by atoms with Crippen LogP contribution in [0, 0.1) is 11.7 Å². The molecular formula is C19H18FN3OS. The first-order valence-electron chi connectivity index (χ1n) is 8.27. The molecule has 4 nitrogen and oxygen atoms in total. The Morgan fingerprint density at radius 2 is 2.00 bits per heavy atom. The van der Waals surface area contributed by atoms with Crippen molar-refractivity contribution < 1.29 is 9.18 Å². The molecule has 128 valence electrons. The Kier molecular flexibility index (Phi) is 4.13. The number of carbonyl (C=O) groups excluding carboxylic acids is 1. The summed E-state index contributed by atoms with van der Waals surface area (Å²) in [7, 11) is 0. The molecule has 1 fully saturated rings. The van der Waals surface area contributed by atoms with E-state index in [9.17, 15) is 9.18 Å². The van der Waals surface area contributed by atoms with E-state index in [2.05, 4.69) is 10.3 Å². The van der Waals surface area contributed by atoms with Crippen molar-refractivity contribution in [3.63, 3.8) is 0 Å². The average Bonchev–Trinajstić information content (AvgIpc) is 2.99. The van der Waals surface area contributed by atoms with Crippen LogP contribution >= 0.6 is 11.3 Å². The highest BCUT2D eigenvalue weighted by Gasteiger charge is 2.35. The minimum Gasteiger partial charge on any atom is -0.349 e. The summed E-state index contributed by atoms with van der Waals surface area (Å²) in [5.41, 5.74) is 1.50. The Bertz CT molecular complexity index is 905. The molecule has 1 aliphatic heterocycles. The number of thiazole rings is 1. The second-order valence-electron chi connectivity index (χ2n) is 6.33. The van der Waals surface area contributed by atoms with Crippen LogP contribution in [0.5, 0.6) is 0 Å². The summed E-state index contributed by atoms with van der Waals surface area (Å²) in [6, 6.07) is 14.9. The molecule has 4 rings (SSSR count). The summed E-state index contributed by atoms with van der Waals surface area (Å²) in [6.07, 6.45) is 0. The highest BCUT2D eigenvalue weighted by molar-refractivity contribution is 7.22. The average molecular weight is 355 g/mol. The van der Waals surface area contributed by atoms with Gasteiger partial charge in [-0.3, -0.25) is 4.79 Å². The predicted molar refractivity (Wildman–Crippen MR) is 98.3 cm³/mol. The van der Waals surface area contributed by atoms with Crippen molar-refractivity contribution in [3.8, 4) is 0 Å². The number of carbonyl (C=O) groups is 1. The minimum absolute atomic E-state index is 0.0145. The van der Waals surface area contributed by atoms with Crippen LogP contribution in [0.15, 0.2) is 48.5 Å². The number of para-hydroxylation sites is 1. The summed E-state index contributed by atoms with van der Waals surface area (Å²) >= 11 is 1.46. The van der Waals surface area contributed by atoms with E-state index in [0.717, 1.165) is 15.4 Å². The van der Waals surface area contributed by atoms with Gasteiger partial charge in [-0.2, -0.15) is 0 Å². The molecule has 0 spiro atoms. The van der Waals surface area contributed by atoms with Gasteiger partial charge >= 0.3 is 0 Å². The molecule has 3 aromatic rings. The highest BCUT2D eigenvalue weighted by atomic mass is 32.1. The van der Waals surface area contributed by atoms with Crippen LogP contribution in [0.25, 0.3) is 10.2 Å². The van der Waals surface area contributed by atoms with Crippen LogP contribution < -0.4 is 10.2 Å². The fourth-order valence-corrected chi connectivity index (χ4v) is 3.99. The lowest BCUT2D eigenvalue weighted by atomic mass is 9.99. The predicted octanol–water partition coefficient (Wildman–Crippen LogP) is 3.75. The van der Waals surface area contributed by atoms with Crippen LogP contribution in [-0.4, -0.2) is 24.0 Å². The van der Waals surface area contributed by atoms with E-state index in [0.29, 0.717) is 18.6 Å². The van der Waals surface area contributed by atoms with E-state index < -0.39 is 0 Å². The molecule has 1 unspecified atom stereocenters. The van der Waals surface area contributed by atoms with Gasteiger partial charge in [-0.05, 0) is 24.6 Å². The first-order valence-corrected chi connectivity index (χ1v) is 9.09. The van der Waals surface area contributed by atoms with Crippen LogP contribution in [-0.2, 0) is 4.79 Å². The van der Waals surface area contributed by atoms with Gasteiger partial charge in [0, 0.05) is 13.1 Å². The summed E-state index contributed by atoms with van der Waals surface area (Å²) in [6.45, 7) is 3.23. The third kappa shape index (κ3) is 3.09. The largest absolute Gasteiger partial charge is 0.349 e. The zero-order chi connectivity index (χ0) is 17.4. The molecule has 2 heterocycles. The third-order valence-electron chi connectivity index (χ3n) is 4.54. The van der Waals surface area contributed by atoms with Crippen molar-refractivity contribution in [1.82, 2.24) is 10.3 Å². The lowest BCUT2D eigenvalue weighted by Gasteiger charge is -2.38. The number of benzene rings is 2. The van der Waals surface area contributed by atoms with Crippen LogP contribution in [0.2, 0.25) is 0 Å². The second kappa shape index (κ2) is 6.44. The Balaban J connectivity index is 1.38. The molecule has 0 aliphatic carbocycles. The molecular weight excluding hydrogens is 337 g/mol. The minimum atomic E-state index is -0.300. The molecule has 1 aromatic heterocycles. The Morgan fingerprint density at radius 3 is 2.72 bits per heavy atom. The van der Waals surface area contributed by atoms with E-state index in [1.165, 1.54) is 17.4 Å². The van der Waals surface area contributed by atoms with Gasteiger partial charge in [-0.25, -0.2) is 9.37 Å². The number of halogens is 1. The lowest BCUT2D eigenvalue weighted by Crippen LogP contribution is -2.54. The molecule has 2 aromatic carbocycles. The molecule has 25 heavy (non-hydrogen) atoms. The van der Waals surface area contributed by atoms with Crippen LogP contribution in [0.4, 0.5) is 9.52 Å². The molecule has 0 radical (unpaired) electrons. The van der Waals surface area contributed by atoms with Gasteiger partial charge in [-0.1, -0.05) is 47.7 Å². The van der Waals surface area contributed by atoms with Gasteiger partial charge < -0.3 is 10.2 Å². The van der Waals surface area contributed by atoms with Gasteiger partial charge in [0.2, 0.25) is 5.91 Å². The van der Waals surface area contributed by atoms with Gasteiger partial charge in [0.25, 0.3) is 0 Å². The molecule has 6 heteroatoms. The Morgan fingerprint density at radius 1 is 1.24 bits per heavy atom. The summed E-state index contributed by atoms with van der Waals surface area (Å²) < 4.78 is 14.6. The maximum atomic E-state index is 13.8. The number of rotatable bonds is 4. The highest BCUT2D eigenvalue weighted by Crippen LogP contribution is 2.34. The van der Waals surface area contributed by atoms with E-state index in [4.69, 9.17) is 0 Å². The van der Waals surface area contributed by atoms with Gasteiger partial charge in [0.05, 0.1) is 16.7 Å². The Hall–Kier alpha value is -2.47. The fourth-order valence-electron chi connectivity index (χ4n) is 3.00. The van der Waals surface area contributed by atoms with E-state index >= 15 is 0 Å². The van der Waals surface area contributed by atoms with Gasteiger partial charge in [0.15, 0.2) is 5.13 Å². The number of amides is 1. The molecule has 1 saturated heterocycles. The number of anilines is 1. The van der Waals surface area contributed by atoms with Crippen molar-refractivity contribution in [2.45, 2.75) is 13.0 Å². The number of nitrogens with one attached hydrogen (secondary N) is 1. The van der Waals surface area contributed by atoms with Crippen molar-refractivity contribution in [1.29, 1.82) is 0 Å². The van der Waals surface area contributed by atoms with Gasteiger partial charge in [-0.15, -0.1) is 0 Å². The molecule has 0 saturated carbocycles. The van der Waals surface area contributed by atoms with Gasteiger partial charge in [0.1, 0.15) is 11.3 Å². The van der Waals surface area contributed by atoms with Crippen molar-refractivity contribution in [2.24, 2.45) is 5.92 Å². The van der Waals surface area contributed by atoms with E-state index in [-0.39, 0.29) is 23.7 Å². The summed E-state index contributed by atoms with van der Waals surface area (Å²) in [5.74, 6) is -0.297. The molecule has 1 atom stereocenters. The van der Waals surface area contributed by atoms with Crippen LogP contribution in [0.1, 0.15) is 18.5 Å². The number of nitrogens with zero attached hydrogens (tertiary/aromatic N) is 2. The van der Waals surface area contributed by atoms with Crippen molar-refractivity contribution in [2.75, 3.05) is 18.0 Å². The normalized spacial score (nSPS) is 15.8. The molecule has 1 aliphatic rings. The smallest absolute Gasteiger partial charge is 0.227 e. The van der Waals surface area contributed by atoms with Crippen LogP contribution in [0.3, 0.4) is 0 Å². The molecule has 1 N–H and O–H groups in total. The van der Waals surface area contributed by atoms with Crippen molar-refractivity contribution >= 4 is 32.6 Å². The number of hydrogen-bond acceptors (Lipinski definition) is 4. The summed E-state index contributed by atoms with van der Waals surface area (Å²) in [5, 5.41) is 3.84. The molecule has 1 amide bonds. The maximum Gasteiger partial charge on any atom is 0.227 e. The number of hydrogen-bond donors (Lipinski definition) is 1. The maximum absolute atomic E-state index is 13.8. The number of aromatic nitrogens is 1. The van der Waals surface area contributed by atoms with E-state index in [1.54, 1.807) is 6.07 Å². The SMILES string of the molecule is CC(NC(=O)C1CN(c2nc3c(F)cccc3s2)C1)c1ccccc1. The zero-order valence-corrected chi connectivity index (χ0v) is 14.6. The van der Waals surface area contributed by atoms with E-state index in [1.807, 2.05) is 48.2 Å². The third-order valence-corrected chi connectivity index (χ3v) is 5.62. The first kappa shape index (κ1) is 16.0. The fraction of sp³-hybridized carbons (Fsp3) is 0.263. The molecule has 0 bridgehead atoms. The standard InChI is InChI=1S/C19H18FN3OS/c1-12(13-6-3-2-4-7-13)21-18(24)14-10-23(11-14)19-22-17-15(20)8-5-9-16(17)25-19/h2-9,12,14H,10-11H2,1H3,(H,21,24). The monoisotopic (exact) mass is 355 g/mol. The summed E-state index contributed by atoms with van der Waals surface area (Å²) in [4.78, 5) is 18.8. The lowest BCUT2D eigenvalue weighted by molar-refractivity contribution is -0.126. The topological polar surface area (TPSA) is 45.2 Å². The zero-order valence-electron chi connectivity index (χ0n) is 13.8.